The Hall–Kier alpha value is -0.600. The lowest BCUT2D eigenvalue weighted by molar-refractivity contribution is 0.818. The van der Waals surface area contributed by atoms with Crippen LogP contribution in [-0.4, -0.2) is 12.5 Å². The molecule has 2 aromatic rings. The highest BCUT2D eigenvalue weighted by atomic mass is 127. The van der Waals surface area contributed by atoms with Gasteiger partial charge in [-0.3, -0.25) is 0 Å². The molecule has 0 unspecified atom stereocenters. The van der Waals surface area contributed by atoms with Crippen LogP contribution in [0.1, 0.15) is 18.1 Å². The molecule has 104 valence electrons. The van der Waals surface area contributed by atoms with E-state index in [1.54, 1.807) is 22.7 Å². The third-order valence-corrected chi connectivity index (χ3v) is 3.85. The van der Waals surface area contributed by atoms with Crippen molar-refractivity contribution in [2.24, 2.45) is 4.99 Å². The first-order valence-electron chi connectivity index (χ1n) is 5.93. The molecule has 0 amide bonds. The minimum absolute atomic E-state index is 0. The molecule has 0 radical (unpaired) electrons. The van der Waals surface area contributed by atoms with Crippen molar-refractivity contribution in [3.05, 3.63) is 44.8 Å². The molecule has 6 heteroatoms. The predicted molar refractivity (Wildman–Crippen MR) is 95.7 cm³/mol. The Morgan fingerprint density at radius 3 is 2.37 bits per heavy atom. The Kier molecular flexibility index (Phi) is 8.08. The van der Waals surface area contributed by atoms with Crippen LogP contribution in [0, 0.1) is 0 Å². The SMILES string of the molecule is CCNC(=NCc1ccsc1)NCc1ccsc1.I. The van der Waals surface area contributed by atoms with E-state index >= 15 is 0 Å². The van der Waals surface area contributed by atoms with E-state index in [2.05, 4.69) is 56.2 Å². The number of guanidine groups is 1. The molecule has 0 saturated carbocycles. The number of rotatable bonds is 5. The summed E-state index contributed by atoms with van der Waals surface area (Å²) in [7, 11) is 0. The Labute approximate surface area is 139 Å². The molecule has 0 aliphatic carbocycles. The van der Waals surface area contributed by atoms with Gasteiger partial charge in [0.2, 0.25) is 0 Å². The van der Waals surface area contributed by atoms with E-state index in [4.69, 9.17) is 0 Å². The van der Waals surface area contributed by atoms with Crippen LogP contribution in [0.3, 0.4) is 0 Å². The van der Waals surface area contributed by atoms with Gasteiger partial charge in [0.15, 0.2) is 5.96 Å². The van der Waals surface area contributed by atoms with Crippen LogP contribution in [0.2, 0.25) is 0 Å². The highest BCUT2D eigenvalue weighted by Crippen LogP contribution is 2.07. The van der Waals surface area contributed by atoms with Crippen LogP contribution in [0.4, 0.5) is 0 Å². The maximum Gasteiger partial charge on any atom is 0.191 e. The van der Waals surface area contributed by atoms with Gasteiger partial charge >= 0.3 is 0 Å². The lowest BCUT2D eigenvalue weighted by Gasteiger charge is -2.10. The molecule has 0 aliphatic heterocycles. The molecule has 0 aliphatic rings. The third-order valence-electron chi connectivity index (χ3n) is 2.38. The van der Waals surface area contributed by atoms with Crippen molar-refractivity contribution >= 4 is 52.6 Å². The van der Waals surface area contributed by atoms with E-state index < -0.39 is 0 Å². The largest absolute Gasteiger partial charge is 0.357 e. The molecule has 19 heavy (non-hydrogen) atoms. The number of hydrogen-bond acceptors (Lipinski definition) is 3. The average molecular weight is 407 g/mol. The summed E-state index contributed by atoms with van der Waals surface area (Å²) < 4.78 is 0. The van der Waals surface area contributed by atoms with Gasteiger partial charge in [-0.2, -0.15) is 22.7 Å². The lowest BCUT2D eigenvalue weighted by atomic mass is 10.3. The highest BCUT2D eigenvalue weighted by molar-refractivity contribution is 14.0. The maximum absolute atomic E-state index is 4.56. The zero-order chi connectivity index (χ0) is 12.6. The number of halogens is 1. The molecule has 2 rings (SSSR count). The number of nitrogens with one attached hydrogen (secondary N) is 2. The topological polar surface area (TPSA) is 36.4 Å². The van der Waals surface area contributed by atoms with Gasteiger partial charge in [-0.05, 0) is 51.7 Å². The molecular weight excluding hydrogens is 389 g/mol. The minimum Gasteiger partial charge on any atom is -0.357 e. The van der Waals surface area contributed by atoms with Crippen LogP contribution in [-0.2, 0) is 13.1 Å². The molecular formula is C13H18IN3S2. The highest BCUT2D eigenvalue weighted by Gasteiger charge is 1.98. The smallest absolute Gasteiger partial charge is 0.191 e. The zero-order valence-electron chi connectivity index (χ0n) is 10.8. The normalized spacial score (nSPS) is 10.9. The summed E-state index contributed by atoms with van der Waals surface area (Å²) in [6.45, 7) is 4.49. The fourth-order valence-corrected chi connectivity index (χ4v) is 2.80. The molecule has 3 nitrogen and oxygen atoms in total. The van der Waals surface area contributed by atoms with E-state index in [1.165, 1.54) is 11.1 Å². The second-order valence-corrected chi connectivity index (χ2v) is 5.37. The Balaban J connectivity index is 0.00000180. The Morgan fingerprint density at radius 1 is 1.11 bits per heavy atom. The van der Waals surface area contributed by atoms with Gasteiger partial charge in [0.25, 0.3) is 0 Å². The fourth-order valence-electron chi connectivity index (χ4n) is 1.47. The van der Waals surface area contributed by atoms with Crippen molar-refractivity contribution in [1.82, 2.24) is 10.6 Å². The first-order valence-corrected chi connectivity index (χ1v) is 7.81. The Morgan fingerprint density at radius 2 is 1.79 bits per heavy atom. The molecule has 0 aromatic carbocycles. The molecule has 2 N–H and O–H groups in total. The van der Waals surface area contributed by atoms with Crippen molar-refractivity contribution in [1.29, 1.82) is 0 Å². The summed E-state index contributed by atoms with van der Waals surface area (Å²) in [4.78, 5) is 4.56. The second kappa shape index (κ2) is 9.33. The molecule has 0 saturated heterocycles. The number of aliphatic imine (C=N–C) groups is 1. The molecule has 2 heterocycles. The molecule has 0 spiro atoms. The molecule has 0 bridgehead atoms. The van der Waals surface area contributed by atoms with E-state index in [9.17, 15) is 0 Å². The standard InChI is InChI=1S/C13H17N3S2.HI/c1-2-14-13(15-7-11-3-5-17-9-11)16-8-12-4-6-18-10-12;/h3-6,9-10H,2,7-8H2,1H3,(H2,14,15,16);1H. The Bertz CT molecular complexity index is 466. The van der Waals surface area contributed by atoms with Crippen molar-refractivity contribution < 1.29 is 0 Å². The minimum atomic E-state index is 0. The molecule has 0 fully saturated rings. The van der Waals surface area contributed by atoms with Crippen molar-refractivity contribution in [2.45, 2.75) is 20.0 Å². The summed E-state index contributed by atoms with van der Waals surface area (Å²) in [5.41, 5.74) is 2.55. The van der Waals surface area contributed by atoms with Gasteiger partial charge in [-0.15, -0.1) is 24.0 Å². The van der Waals surface area contributed by atoms with Crippen LogP contribution in [0.25, 0.3) is 0 Å². The van der Waals surface area contributed by atoms with Gasteiger partial charge in [0, 0.05) is 13.1 Å². The predicted octanol–water partition coefficient (Wildman–Crippen LogP) is 3.68. The quantitative estimate of drug-likeness (QED) is 0.451. The van der Waals surface area contributed by atoms with Crippen LogP contribution in [0.5, 0.6) is 0 Å². The zero-order valence-corrected chi connectivity index (χ0v) is 14.7. The van der Waals surface area contributed by atoms with Crippen LogP contribution in [0.15, 0.2) is 38.6 Å². The molecule has 0 atom stereocenters. The summed E-state index contributed by atoms with van der Waals surface area (Å²) in [5, 5.41) is 15.0. The van der Waals surface area contributed by atoms with Crippen LogP contribution < -0.4 is 10.6 Å². The molecule has 2 aromatic heterocycles. The van der Waals surface area contributed by atoms with Crippen molar-refractivity contribution in [3.8, 4) is 0 Å². The van der Waals surface area contributed by atoms with E-state index in [1.807, 2.05) is 0 Å². The van der Waals surface area contributed by atoms with Gasteiger partial charge in [0.1, 0.15) is 0 Å². The van der Waals surface area contributed by atoms with E-state index in [0.29, 0.717) is 0 Å². The first kappa shape index (κ1) is 16.5. The fraction of sp³-hybridized carbons (Fsp3) is 0.308. The summed E-state index contributed by atoms with van der Waals surface area (Å²) in [5.74, 6) is 0.870. The number of thiophene rings is 2. The lowest BCUT2D eigenvalue weighted by Crippen LogP contribution is -2.36. The average Bonchev–Trinajstić information content (AvgIpc) is 3.05. The van der Waals surface area contributed by atoms with Crippen LogP contribution >= 0.6 is 46.7 Å². The number of hydrogen-bond donors (Lipinski definition) is 2. The second-order valence-electron chi connectivity index (χ2n) is 3.81. The maximum atomic E-state index is 4.56. The van der Waals surface area contributed by atoms with E-state index in [0.717, 1.165) is 25.6 Å². The number of nitrogens with zero attached hydrogens (tertiary/aromatic N) is 1. The first-order chi connectivity index (χ1) is 8.88. The van der Waals surface area contributed by atoms with Gasteiger partial charge in [-0.1, -0.05) is 0 Å². The summed E-state index contributed by atoms with van der Waals surface area (Å²) in [6, 6.07) is 4.23. The van der Waals surface area contributed by atoms with E-state index in [-0.39, 0.29) is 24.0 Å². The summed E-state index contributed by atoms with van der Waals surface area (Å²) in [6.07, 6.45) is 0. The third kappa shape index (κ3) is 5.92. The van der Waals surface area contributed by atoms with Crippen molar-refractivity contribution in [2.75, 3.05) is 6.54 Å². The van der Waals surface area contributed by atoms with Gasteiger partial charge in [-0.25, -0.2) is 4.99 Å². The monoisotopic (exact) mass is 407 g/mol. The van der Waals surface area contributed by atoms with Gasteiger partial charge < -0.3 is 10.6 Å². The summed E-state index contributed by atoms with van der Waals surface area (Å²) >= 11 is 3.42. The van der Waals surface area contributed by atoms with Gasteiger partial charge in [0.05, 0.1) is 6.54 Å². The van der Waals surface area contributed by atoms with Crippen molar-refractivity contribution in [3.63, 3.8) is 0 Å².